The molecule has 0 spiro atoms. The Balaban J connectivity index is 1.88. The molecule has 5 heteroatoms. The summed E-state index contributed by atoms with van der Waals surface area (Å²) in [5.41, 5.74) is 1.79. The van der Waals surface area contributed by atoms with Crippen LogP contribution in [0.1, 0.15) is 53.1 Å². The molecule has 21 heavy (non-hydrogen) atoms. The van der Waals surface area contributed by atoms with Gasteiger partial charge >= 0.3 is 5.97 Å². The van der Waals surface area contributed by atoms with Crippen LogP contribution in [0.25, 0.3) is 0 Å². The maximum absolute atomic E-state index is 12.0. The smallest absolute Gasteiger partial charge is 0.356 e. The molecule has 1 aromatic rings. The second kappa shape index (κ2) is 7.57. The highest BCUT2D eigenvalue weighted by Crippen LogP contribution is 2.19. The highest BCUT2D eigenvalue weighted by atomic mass is 16.5. The van der Waals surface area contributed by atoms with Crippen molar-refractivity contribution in [3.63, 3.8) is 0 Å². The Morgan fingerprint density at radius 1 is 1.29 bits per heavy atom. The molecule has 1 aliphatic rings. The van der Waals surface area contributed by atoms with Crippen molar-refractivity contribution in [1.82, 2.24) is 10.3 Å². The first-order valence-electron chi connectivity index (χ1n) is 7.22. The standard InChI is InChI=1S/C16H20N2O3/c1-21-16(20)14-9-5-8-13(18-14)15(19)17-11-10-12-6-3-2-4-7-12/h5-6,8-9H,2-4,7,10-11H2,1H3,(H,17,19). The zero-order chi connectivity index (χ0) is 15.1. The Morgan fingerprint density at radius 2 is 2.10 bits per heavy atom. The molecule has 0 fully saturated rings. The Morgan fingerprint density at radius 3 is 2.81 bits per heavy atom. The predicted molar refractivity (Wildman–Crippen MR) is 79.1 cm³/mol. The van der Waals surface area contributed by atoms with Crippen molar-refractivity contribution in [3.05, 3.63) is 41.2 Å². The summed E-state index contributed by atoms with van der Waals surface area (Å²) in [4.78, 5) is 27.4. The number of pyridine rings is 1. The molecule has 1 N–H and O–H groups in total. The van der Waals surface area contributed by atoms with Crippen molar-refractivity contribution < 1.29 is 14.3 Å². The van der Waals surface area contributed by atoms with Gasteiger partial charge in [-0.3, -0.25) is 4.79 Å². The number of nitrogens with zero attached hydrogens (tertiary/aromatic N) is 1. The van der Waals surface area contributed by atoms with Gasteiger partial charge in [0.25, 0.3) is 5.91 Å². The summed E-state index contributed by atoms with van der Waals surface area (Å²) in [6, 6.07) is 4.73. The number of allylic oxidation sites excluding steroid dienone is 1. The maximum Gasteiger partial charge on any atom is 0.356 e. The van der Waals surface area contributed by atoms with Gasteiger partial charge < -0.3 is 10.1 Å². The van der Waals surface area contributed by atoms with Crippen LogP contribution in [-0.4, -0.2) is 30.5 Å². The van der Waals surface area contributed by atoms with E-state index in [4.69, 9.17) is 0 Å². The van der Waals surface area contributed by atoms with E-state index in [1.54, 1.807) is 12.1 Å². The fourth-order valence-corrected chi connectivity index (χ4v) is 2.34. The maximum atomic E-state index is 12.0. The summed E-state index contributed by atoms with van der Waals surface area (Å²) in [5, 5.41) is 2.84. The SMILES string of the molecule is COC(=O)c1cccc(C(=O)NCCC2=CCCCC2)n1. The van der Waals surface area contributed by atoms with Gasteiger partial charge in [0.1, 0.15) is 11.4 Å². The quantitative estimate of drug-likeness (QED) is 0.667. The number of methoxy groups -OCH3 is 1. The van der Waals surface area contributed by atoms with E-state index in [9.17, 15) is 9.59 Å². The number of hydrogen-bond acceptors (Lipinski definition) is 4. The summed E-state index contributed by atoms with van der Waals surface area (Å²) in [6.45, 7) is 0.592. The number of amides is 1. The number of esters is 1. The minimum Gasteiger partial charge on any atom is -0.464 e. The lowest BCUT2D eigenvalue weighted by molar-refractivity contribution is 0.0594. The highest BCUT2D eigenvalue weighted by Gasteiger charge is 2.12. The van der Waals surface area contributed by atoms with E-state index in [1.165, 1.54) is 31.6 Å². The number of hydrogen-bond donors (Lipinski definition) is 1. The van der Waals surface area contributed by atoms with Crippen molar-refractivity contribution in [2.24, 2.45) is 0 Å². The number of carbonyl (C=O) groups excluding carboxylic acids is 2. The molecule has 1 heterocycles. The topological polar surface area (TPSA) is 68.3 Å². The molecule has 0 aliphatic heterocycles. The van der Waals surface area contributed by atoms with Gasteiger partial charge in [0, 0.05) is 6.54 Å². The van der Waals surface area contributed by atoms with Gasteiger partial charge in [-0.2, -0.15) is 0 Å². The predicted octanol–water partition coefficient (Wildman–Crippen LogP) is 2.49. The fraction of sp³-hybridized carbons (Fsp3) is 0.438. The van der Waals surface area contributed by atoms with E-state index in [0.717, 1.165) is 19.3 Å². The Bertz CT molecular complexity index is 552. The summed E-state index contributed by atoms with van der Waals surface area (Å²) < 4.78 is 4.59. The van der Waals surface area contributed by atoms with Gasteiger partial charge in [0.2, 0.25) is 0 Å². The number of rotatable bonds is 5. The van der Waals surface area contributed by atoms with Gasteiger partial charge in [0.05, 0.1) is 7.11 Å². The summed E-state index contributed by atoms with van der Waals surface area (Å²) in [5.74, 6) is -0.811. The summed E-state index contributed by atoms with van der Waals surface area (Å²) in [7, 11) is 1.29. The second-order valence-corrected chi connectivity index (χ2v) is 5.01. The average Bonchev–Trinajstić information content (AvgIpc) is 2.55. The van der Waals surface area contributed by atoms with Crippen molar-refractivity contribution in [3.8, 4) is 0 Å². The molecule has 0 bridgehead atoms. The third-order valence-corrected chi connectivity index (χ3v) is 3.49. The first-order valence-corrected chi connectivity index (χ1v) is 7.22. The number of carbonyl (C=O) groups is 2. The van der Waals surface area contributed by atoms with Crippen LogP contribution in [0.2, 0.25) is 0 Å². The van der Waals surface area contributed by atoms with Gasteiger partial charge in [-0.1, -0.05) is 17.7 Å². The molecule has 1 aromatic heterocycles. The molecular weight excluding hydrogens is 268 g/mol. The Kier molecular flexibility index (Phi) is 5.49. The number of aromatic nitrogens is 1. The van der Waals surface area contributed by atoms with E-state index in [2.05, 4.69) is 21.1 Å². The van der Waals surface area contributed by atoms with E-state index < -0.39 is 5.97 Å². The van der Waals surface area contributed by atoms with Crippen LogP contribution in [0, 0.1) is 0 Å². The molecule has 5 nitrogen and oxygen atoms in total. The molecule has 0 atom stereocenters. The lowest BCUT2D eigenvalue weighted by Crippen LogP contribution is -2.26. The molecule has 1 amide bonds. The Labute approximate surface area is 124 Å². The van der Waals surface area contributed by atoms with Crippen LogP contribution in [0.4, 0.5) is 0 Å². The van der Waals surface area contributed by atoms with Crippen LogP contribution < -0.4 is 5.32 Å². The molecule has 0 unspecified atom stereocenters. The molecule has 0 radical (unpaired) electrons. The molecule has 2 rings (SSSR count). The van der Waals surface area contributed by atoms with Gasteiger partial charge in [-0.05, 0) is 44.2 Å². The Hall–Kier alpha value is -2.17. The van der Waals surface area contributed by atoms with Gasteiger partial charge in [-0.25, -0.2) is 9.78 Å². The van der Waals surface area contributed by atoms with Crippen LogP contribution in [-0.2, 0) is 4.74 Å². The summed E-state index contributed by atoms with van der Waals surface area (Å²) in [6.07, 6.45) is 7.93. The molecule has 0 saturated heterocycles. The van der Waals surface area contributed by atoms with Crippen LogP contribution >= 0.6 is 0 Å². The van der Waals surface area contributed by atoms with E-state index in [-0.39, 0.29) is 17.3 Å². The van der Waals surface area contributed by atoms with Crippen LogP contribution in [0.3, 0.4) is 0 Å². The summed E-state index contributed by atoms with van der Waals surface area (Å²) >= 11 is 0. The molecule has 0 saturated carbocycles. The van der Waals surface area contributed by atoms with Crippen molar-refractivity contribution in [2.75, 3.05) is 13.7 Å². The van der Waals surface area contributed by atoms with E-state index >= 15 is 0 Å². The molecule has 0 aromatic carbocycles. The lowest BCUT2D eigenvalue weighted by atomic mass is 9.97. The average molecular weight is 288 g/mol. The van der Waals surface area contributed by atoms with E-state index in [0.29, 0.717) is 6.54 Å². The molecule has 1 aliphatic carbocycles. The number of ether oxygens (including phenoxy) is 1. The minimum atomic E-state index is -0.544. The number of nitrogens with one attached hydrogen (secondary N) is 1. The van der Waals surface area contributed by atoms with E-state index in [1.807, 2.05) is 0 Å². The third kappa shape index (κ3) is 4.41. The minimum absolute atomic E-state index is 0.139. The third-order valence-electron chi connectivity index (χ3n) is 3.49. The van der Waals surface area contributed by atoms with Crippen LogP contribution in [0.15, 0.2) is 29.8 Å². The normalized spacial score (nSPS) is 14.2. The zero-order valence-corrected chi connectivity index (χ0v) is 12.2. The lowest BCUT2D eigenvalue weighted by Gasteiger charge is -2.12. The molecule has 112 valence electrons. The van der Waals surface area contributed by atoms with Crippen LogP contribution in [0.5, 0.6) is 0 Å². The first kappa shape index (κ1) is 15.2. The van der Waals surface area contributed by atoms with Gasteiger partial charge in [-0.15, -0.1) is 0 Å². The molecular formula is C16H20N2O3. The largest absolute Gasteiger partial charge is 0.464 e. The van der Waals surface area contributed by atoms with Crippen molar-refractivity contribution in [1.29, 1.82) is 0 Å². The van der Waals surface area contributed by atoms with Crippen molar-refractivity contribution >= 4 is 11.9 Å². The fourth-order valence-electron chi connectivity index (χ4n) is 2.34. The monoisotopic (exact) mass is 288 g/mol. The van der Waals surface area contributed by atoms with Crippen molar-refractivity contribution in [2.45, 2.75) is 32.1 Å². The first-order chi connectivity index (χ1) is 10.2. The second-order valence-electron chi connectivity index (χ2n) is 5.01. The highest BCUT2D eigenvalue weighted by molar-refractivity contribution is 5.94. The van der Waals surface area contributed by atoms with Gasteiger partial charge in [0.15, 0.2) is 0 Å². The zero-order valence-electron chi connectivity index (χ0n) is 12.2.